The Balaban J connectivity index is 1.97. The highest BCUT2D eigenvalue weighted by Crippen LogP contribution is 2.23. The van der Waals surface area contributed by atoms with Crippen molar-refractivity contribution in [3.8, 4) is 0 Å². The molecule has 0 aliphatic heterocycles. The number of hydrogen-bond donors (Lipinski definition) is 1. The second-order valence-electron chi connectivity index (χ2n) is 5.30. The van der Waals surface area contributed by atoms with E-state index in [4.69, 9.17) is 5.10 Å². The van der Waals surface area contributed by atoms with Crippen LogP contribution in [0.2, 0.25) is 0 Å². The number of hydrogen-bond acceptors (Lipinski definition) is 3. The van der Waals surface area contributed by atoms with Gasteiger partial charge in [0.2, 0.25) is 0 Å². The monoisotopic (exact) mass is 283 g/mol. The van der Waals surface area contributed by atoms with Crippen molar-refractivity contribution >= 4 is 10.9 Å². The molecule has 0 spiro atoms. The van der Waals surface area contributed by atoms with Gasteiger partial charge >= 0.3 is 0 Å². The maximum atomic E-state index is 4.69. The first-order chi connectivity index (χ1) is 10.2. The molecule has 0 fully saturated rings. The van der Waals surface area contributed by atoms with Gasteiger partial charge in [0.25, 0.3) is 0 Å². The first-order valence-electron chi connectivity index (χ1n) is 7.32. The molecule has 0 bridgehead atoms. The van der Waals surface area contributed by atoms with Crippen LogP contribution < -0.4 is 5.32 Å². The third kappa shape index (κ3) is 2.56. The molecule has 5 nitrogen and oxygen atoms in total. The lowest BCUT2D eigenvalue weighted by Gasteiger charge is -2.16. The van der Waals surface area contributed by atoms with E-state index in [1.165, 1.54) is 10.9 Å². The van der Waals surface area contributed by atoms with E-state index in [0.29, 0.717) is 0 Å². The summed E-state index contributed by atoms with van der Waals surface area (Å²) in [5, 5.41) is 9.43. The average molecular weight is 283 g/mol. The van der Waals surface area contributed by atoms with Gasteiger partial charge in [-0.05, 0) is 12.6 Å². The summed E-state index contributed by atoms with van der Waals surface area (Å²) in [4.78, 5) is 4.48. The van der Waals surface area contributed by atoms with Gasteiger partial charge in [0.1, 0.15) is 5.82 Å². The van der Waals surface area contributed by atoms with E-state index in [0.717, 1.165) is 24.5 Å². The predicted molar refractivity (Wildman–Crippen MR) is 84.0 cm³/mol. The van der Waals surface area contributed by atoms with Crippen molar-refractivity contribution in [3.63, 3.8) is 0 Å². The van der Waals surface area contributed by atoms with Crippen LogP contribution >= 0.6 is 0 Å². The Bertz CT molecular complexity index is 740. The van der Waals surface area contributed by atoms with Crippen molar-refractivity contribution < 1.29 is 0 Å². The van der Waals surface area contributed by atoms with Crippen LogP contribution in [0, 0.1) is 0 Å². The first kappa shape index (κ1) is 13.8. The van der Waals surface area contributed by atoms with Gasteiger partial charge in [-0.1, -0.05) is 25.1 Å². The molecule has 2 aromatic heterocycles. The zero-order valence-corrected chi connectivity index (χ0v) is 12.7. The molecule has 0 aliphatic carbocycles. The lowest BCUT2D eigenvalue weighted by molar-refractivity contribution is 0.500. The molecule has 1 unspecified atom stereocenters. The van der Waals surface area contributed by atoms with Crippen LogP contribution in [-0.4, -0.2) is 25.9 Å². The maximum Gasteiger partial charge on any atom is 0.125 e. The third-order valence-corrected chi connectivity index (χ3v) is 3.85. The lowest BCUT2D eigenvalue weighted by atomic mass is 10.1. The molecule has 5 heteroatoms. The molecule has 0 saturated heterocycles. The Morgan fingerprint density at radius 2 is 2.05 bits per heavy atom. The normalized spacial score (nSPS) is 12.9. The molecule has 0 amide bonds. The molecule has 3 aromatic rings. The van der Waals surface area contributed by atoms with E-state index in [2.05, 4.69) is 40.0 Å². The van der Waals surface area contributed by atoms with Crippen molar-refractivity contribution in [2.24, 2.45) is 14.1 Å². The van der Waals surface area contributed by atoms with Crippen molar-refractivity contribution in [2.45, 2.75) is 19.4 Å². The van der Waals surface area contributed by atoms with Crippen LogP contribution in [0.5, 0.6) is 0 Å². The second kappa shape index (κ2) is 5.69. The molecule has 1 atom stereocenters. The number of nitrogens with one attached hydrogen (secondary N) is 1. The lowest BCUT2D eigenvalue weighted by Crippen LogP contribution is -2.26. The fourth-order valence-electron chi connectivity index (χ4n) is 2.85. The van der Waals surface area contributed by atoms with Crippen LogP contribution in [0.15, 0.2) is 36.7 Å². The van der Waals surface area contributed by atoms with E-state index in [-0.39, 0.29) is 6.04 Å². The van der Waals surface area contributed by atoms with Crippen molar-refractivity contribution in [1.82, 2.24) is 24.6 Å². The van der Waals surface area contributed by atoms with Gasteiger partial charge in [0, 0.05) is 38.3 Å². The standard InChI is InChI=1S/C16H21N5/c1-4-17-14(16-18-9-10-20(16)2)11-13-12-7-5-6-8-15(12)21(3)19-13/h5-10,14,17H,4,11H2,1-3H3. The van der Waals surface area contributed by atoms with E-state index in [1.54, 1.807) is 0 Å². The minimum atomic E-state index is 0.174. The van der Waals surface area contributed by atoms with E-state index >= 15 is 0 Å². The number of nitrogens with zero attached hydrogens (tertiary/aromatic N) is 4. The van der Waals surface area contributed by atoms with Crippen molar-refractivity contribution in [1.29, 1.82) is 0 Å². The summed E-state index contributed by atoms with van der Waals surface area (Å²) in [7, 11) is 4.03. The first-order valence-corrected chi connectivity index (χ1v) is 7.32. The highest BCUT2D eigenvalue weighted by Gasteiger charge is 2.19. The number of rotatable bonds is 5. The minimum Gasteiger partial charge on any atom is -0.337 e. The number of likely N-dealkylation sites (N-methyl/N-ethyl adjacent to an activating group) is 1. The largest absolute Gasteiger partial charge is 0.337 e. The minimum absolute atomic E-state index is 0.174. The van der Waals surface area contributed by atoms with Crippen LogP contribution in [0.3, 0.4) is 0 Å². The molecule has 0 aliphatic rings. The molecule has 1 aromatic carbocycles. The third-order valence-electron chi connectivity index (χ3n) is 3.85. The summed E-state index contributed by atoms with van der Waals surface area (Å²) in [5.74, 6) is 1.05. The number of aryl methyl sites for hydroxylation is 2. The number of imidazole rings is 1. The Morgan fingerprint density at radius 3 is 2.76 bits per heavy atom. The van der Waals surface area contributed by atoms with Gasteiger partial charge in [-0.25, -0.2) is 4.98 Å². The number of fused-ring (bicyclic) bond motifs is 1. The van der Waals surface area contributed by atoms with Crippen LogP contribution in [-0.2, 0) is 20.5 Å². The molecule has 0 saturated carbocycles. The van der Waals surface area contributed by atoms with Crippen LogP contribution in [0.1, 0.15) is 24.5 Å². The predicted octanol–water partition coefficient (Wildman–Crippen LogP) is 2.20. The summed E-state index contributed by atoms with van der Waals surface area (Å²) < 4.78 is 4.02. The van der Waals surface area contributed by atoms with Gasteiger partial charge in [-0.15, -0.1) is 0 Å². The number of aromatic nitrogens is 4. The smallest absolute Gasteiger partial charge is 0.125 e. The Kier molecular flexibility index (Phi) is 3.75. The zero-order chi connectivity index (χ0) is 14.8. The molecule has 1 N–H and O–H groups in total. The molecule has 0 radical (unpaired) electrons. The molecular weight excluding hydrogens is 262 g/mol. The van der Waals surface area contributed by atoms with Gasteiger partial charge in [-0.2, -0.15) is 5.10 Å². The van der Waals surface area contributed by atoms with Crippen LogP contribution in [0.4, 0.5) is 0 Å². The SMILES string of the molecule is CCNC(Cc1nn(C)c2ccccc12)c1nccn1C. The summed E-state index contributed by atoms with van der Waals surface area (Å²) in [6, 6.07) is 8.53. The van der Waals surface area contributed by atoms with Crippen molar-refractivity contribution in [2.75, 3.05) is 6.54 Å². The van der Waals surface area contributed by atoms with Gasteiger partial charge in [0.15, 0.2) is 0 Å². The van der Waals surface area contributed by atoms with Crippen molar-refractivity contribution in [3.05, 3.63) is 48.2 Å². The number of para-hydroxylation sites is 1. The van der Waals surface area contributed by atoms with E-state index in [9.17, 15) is 0 Å². The van der Waals surface area contributed by atoms with E-state index < -0.39 is 0 Å². The average Bonchev–Trinajstić information content (AvgIpc) is 3.04. The highest BCUT2D eigenvalue weighted by atomic mass is 15.3. The summed E-state index contributed by atoms with van der Waals surface area (Å²) >= 11 is 0. The molecular formula is C16H21N5. The fourth-order valence-corrected chi connectivity index (χ4v) is 2.85. The molecule has 110 valence electrons. The fraction of sp³-hybridized carbons (Fsp3) is 0.375. The van der Waals surface area contributed by atoms with E-state index in [1.807, 2.05) is 37.2 Å². The highest BCUT2D eigenvalue weighted by molar-refractivity contribution is 5.81. The Hall–Kier alpha value is -2.14. The topological polar surface area (TPSA) is 47.7 Å². The maximum absolute atomic E-state index is 4.69. The quantitative estimate of drug-likeness (QED) is 0.781. The zero-order valence-electron chi connectivity index (χ0n) is 12.7. The summed E-state index contributed by atoms with van der Waals surface area (Å²) in [6.07, 6.45) is 4.66. The summed E-state index contributed by atoms with van der Waals surface area (Å²) in [6.45, 7) is 3.02. The Labute approximate surface area is 124 Å². The molecule has 21 heavy (non-hydrogen) atoms. The number of benzene rings is 1. The Morgan fingerprint density at radius 1 is 1.24 bits per heavy atom. The molecule has 3 rings (SSSR count). The molecule has 2 heterocycles. The second-order valence-corrected chi connectivity index (χ2v) is 5.30. The van der Waals surface area contributed by atoms with Gasteiger partial charge in [0.05, 0.1) is 17.3 Å². The summed E-state index contributed by atoms with van der Waals surface area (Å²) in [5.41, 5.74) is 2.28. The van der Waals surface area contributed by atoms with Gasteiger partial charge in [-0.3, -0.25) is 4.68 Å². The van der Waals surface area contributed by atoms with Gasteiger partial charge < -0.3 is 9.88 Å². The van der Waals surface area contributed by atoms with Crippen LogP contribution in [0.25, 0.3) is 10.9 Å².